The van der Waals surface area contributed by atoms with Gasteiger partial charge in [-0.2, -0.15) is 5.10 Å². The largest absolute Gasteiger partial charge is 0.490 e. The molecule has 0 aliphatic heterocycles. The zero-order valence-corrected chi connectivity index (χ0v) is 12.5. The van der Waals surface area contributed by atoms with E-state index >= 15 is 0 Å². The normalized spacial score (nSPS) is 10.3. The van der Waals surface area contributed by atoms with E-state index in [1.54, 1.807) is 4.68 Å². The number of nitro groups is 1. The molecule has 1 aromatic heterocycles. The van der Waals surface area contributed by atoms with Crippen molar-refractivity contribution in [2.45, 2.75) is 13.5 Å². The van der Waals surface area contributed by atoms with Crippen molar-refractivity contribution >= 4 is 11.6 Å². The first-order chi connectivity index (χ1) is 10.4. The number of carbonyl (C=O) groups is 1. The van der Waals surface area contributed by atoms with Crippen LogP contribution in [-0.4, -0.2) is 27.7 Å². The van der Waals surface area contributed by atoms with Crippen molar-refractivity contribution in [2.24, 2.45) is 7.05 Å². The molecule has 0 spiro atoms. The molecule has 0 aliphatic carbocycles. The van der Waals surface area contributed by atoms with Crippen molar-refractivity contribution in [3.63, 3.8) is 0 Å². The van der Waals surface area contributed by atoms with Gasteiger partial charge in [0, 0.05) is 24.4 Å². The lowest BCUT2D eigenvalue weighted by molar-refractivity contribution is -0.385. The van der Waals surface area contributed by atoms with E-state index in [9.17, 15) is 14.9 Å². The summed E-state index contributed by atoms with van der Waals surface area (Å²) < 4.78 is 6.61. The number of nitrogens with one attached hydrogen (secondary N) is 1. The monoisotopic (exact) mass is 304 g/mol. The third-order valence-corrected chi connectivity index (χ3v) is 3.23. The van der Waals surface area contributed by atoms with Crippen molar-refractivity contribution in [1.29, 1.82) is 0 Å². The van der Waals surface area contributed by atoms with Crippen molar-refractivity contribution in [2.75, 3.05) is 7.11 Å². The second-order valence-electron chi connectivity index (χ2n) is 4.73. The molecule has 8 nitrogen and oxygen atoms in total. The zero-order valence-electron chi connectivity index (χ0n) is 12.5. The van der Waals surface area contributed by atoms with Gasteiger partial charge < -0.3 is 10.1 Å². The third kappa shape index (κ3) is 3.22. The maximum Gasteiger partial charge on any atom is 0.311 e. The average molecular weight is 304 g/mol. The van der Waals surface area contributed by atoms with Crippen LogP contribution in [0.1, 0.15) is 21.7 Å². The summed E-state index contributed by atoms with van der Waals surface area (Å²) in [4.78, 5) is 22.4. The van der Waals surface area contributed by atoms with Crippen LogP contribution in [0.4, 0.5) is 5.69 Å². The number of methoxy groups -OCH3 is 1. The van der Waals surface area contributed by atoms with Gasteiger partial charge in [0.05, 0.1) is 24.3 Å². The quantitative estimate of drug-likeness (QED) is 0.667. The molecule has 1 heterocycles. The van der Waals surface area contributed by atoms with Gasteiger partial charge in [0.15, 0.2) is 5.75 Å². The van der Waals surface area contributed by atoms with Gasteiger partial charge >= 0.3 is 5.69 Å². The highest BCUT2D eigenvalue weighted by molar-refractivity contribution is 5.95. The van der Waals surface area contributed by atoms with Crippen LogP contribution in [0.2, 0.25) is 0 Å². The number of benzene rings is 1. The predicted octanol–water partition coefficient (Wildman–Crippen LogP) is 1.58. The molecule has 1 amide bonds. The molecule has 1 N–H and O–H groups in total. The Labute approximate surface area is 126 Å². The lowest BCUT2D eigenvalue weighted by atomic mass is 10.1. The fourth-order valence-corrected chi connectivity index (χ4v) is 1.97. The van der Waals surface area contributed by atoms with Crippen LogP contribution < -0.4 is 10.1 Å². The van der Waals surface area contributed by atoms with Crippen molar-refractivity contribution in [3.8, 4) is 5.75 Å². The molecule has 0 aliphatic rings. The molecule has 0 unspecified atom stereocenters. The van der Waals surface area contributed by atoms with Crippen LogP contribution in [0.5, 0.6) is 5.75 Å². The summed E-state index contributed by atoms with van der Waals surface area (Å²) in [6, 6.07) is 5.93. The second kappa shape index (κ2) is 6.25. The molecule has 0 bridgehead atoms. The van der Waals surface area contributed by atoms with Gasteiger partial charge in [0.1, 0.15) is 0 Å². The maximum absolute atomic E-state index is 12.1. The van der Waals surface area contributed by atoms with Crippen molar-refractivity contribution < 1.29 is 14.5 Å². The molecule has 0 atom stereocenters. The van der Waals surface area contributed by atoms with Crippen LogP contribution >= 0.6 is 0 Å². The number of nitro benzene ring substituents is 1. The number of hydrogen-bond donors (Lipinski definition) is 1. The van der Waals surface area contributed by atoms with E-state index < -0.39 is 10.8 Å². The van der Waals surface area contributed by atoms with Gasteiger partial charge in [-0.15, -0.1) is 0 Å². The minimum absolute atomic E-state index is 0.113. The highest BCUT2D eigenvalue weighted by Gasteiger charge is 2.18. The van der Waals surface area contributed by atoms with E-state index in [0.717, 1.165) is 11.4 Å². The van der Waals surface area contributed by atoms with E-state index in [0.29, 0.717) is 0 Å². The Balaban J connectivity index is 2.12. The van der Waals surface area contributed by atoms with Crippen LogP contribution in [0.15, 0.2) is 24.3 Å². The summed E-state index contributed by atoms with van der Waals surface area (Å²) in [5.41, 5.74) is 1.64. The number of amides is 1. The Morgan fingerprint density at radius 3 is 2.73 bits per heavy atom. The highest BCUT2D eigenvalue weighted by atomic mass is 16.6. The molecule has 2 aromatic rings. The highest BCUT2D eigenvalue weighted by Crippen LogP contribution is 2.27. The maximum atomic E-state index is 12.1. The Bertz CT molecular complexity index is 704. The number of aromatic nitrogens is 2. The van der Waals surface area contributed by atoms with Gasteiger partial charge in [0.25, 0.3) is 5.91 Å². The predicted molar refractivity (Wildman–Crippen MR) is 78.8 cm³/mol. The zero-order chi connectivity index (χ0) is 16.3. The molecule has 0 radical (unpaired) electrons. The van der Waals surface area contributed by atoms with Gasteiger partial charge in [-0.05, 0) is 25.1 Å². The minimum Gasteiger partial charge on any atom is -0.490 e. The van der Waals surface area contributed by atoms with Crippen molar-refractivity contribution in [3.05, 3.63) is 51.3 Å². The molecular weight excluding hydrogens is 288 g/mol. The van der Waals surface area contributed by atoms with Crippen LogP contribution in [0, 0.1) is 17.0 Å². The summed E-state index contributed by atoms with van der Waals surface area (Å²) in [5, 5.41) is 17.9. The molecule has 22 heavy (non-hydrogen) atoms. The smallest absolute Gasteiger partial charge is 0.311 e. The van der Waals surface area contributed by atoms with Gasteiger partial charge in [0.2, 0.25) is 0 Å². The molecule has 8 heteroatoms. The van der Waals surface area contributed by atoms with Crippen LogP contribution in [-0.2, 0) is 13.6 Å². The van der Waals surface area contributed by atoms with Gasteiger partial charge in [-0.25, -0.2) is 0 Å². The van der Waals surface area contributed by atoms with Gasteiger partial charge in [-0.3, -0.25) is 19.6 Å². The van der Waals surface area contributed by atoms with E-state index in [-0.39, 0.29) is 23.5 Å². The first-order valence-corrected chi connectivity index (χ1v) is 6.52. The standard InChI is InChI=1S/C14H16N4O4/c1-9-6-11(16-17(9)2)8-15-14(19)10-4-5-13(22-3)12(7-10)18(20)21/h4-7H,8H2,1-3H3,(H,15,19). The van der Waals surface area contributed by atoms with E-state index in [1.165, 1.54) is 25.3 Å². The third-order valence-electron chi connectivity index (χ3n) is 3.23. The lowest BCUT2D eigenvalue weighted by Crippen LogP contribution is -2.23. The van der Waals surface area contributed by atoms with Gasteiger partial charge in [-0.1, -0.05) is 0 Å². The summed E-state index contributed by atoms with van der Waals surface area (Å²) >= 11 is 0. The van der Waals surface area contributed by atoms with Crippen LogP contribution in [0.3, 0.4) is 0 Å². The Morgan fingerprint density at radius 1 is 1.45 bits per heavy atom. The molecular formula is C14H16N4O4. The molecule has 0 fully saturated rings. The SMILES string of the molecule is COc1ccc(C(=O)NCc2cc(C)n(C)n2)cc1[N+](=O)[O-]. The number of nitrogens with zero attached hydrogens (tertiary/aromatic N) is 3. The van der Waals surface area contributed by atoms with E-state index in [4.69, 9.17) is 4.74 Å². The summed E-state index contributed by atoms with van der Waals surface area (Å²) in [6.07, 6.45) is 0. The number of hydrogen-bond acceptors (Lipinski definition) is 5. The van der Waals surface area contributed by atoms with E-state index in [2.05, 4.69) is 10.4 Å². The average Bonchev–Trinajstić information content (AvgIpc) is 2.82. The summed E-state index contributed by atoms with van der Waals surface area (Å²) in [7, 11) is 3.15. The Kier molecular flexibility index (Phi) is 4.40. The number of carbonyl (C=O) groups excluding carboxylic acids is 1. The first kappa shape index (κ1) is 15.5. The second-order valence-corrected chi connectivity index (χ2v) is 4.73. The first-order valence-electron chi connectivity index (χ1n) is 6.52. The fourth-order valence-electron chi connectivity index (χ4n) is 1.97. The molecule has 2 rings (SSSR count). The molecule has 116 valence electrons. The molecule has 0 saturated heterocycles. The minimum atomic E-state index is -0.586. The fraction of sp³-hybridized carbons (Fsp3) is 0.286. The number of rotatable bonds is 5. The lowest BCUT2D eigenvalue weighted by Gasteiger charge is -2.05. The Morgan fingerprint density at radius 2 is 2.18 bits per heavy atom. The molecule has 0 saturated carbocycles. The van der Waals surface area contributed by atoms with E-state index in [1.807, 2.05) is 20.0 Å². The topological polar surface area (TPSA) is 99.3 Å². The molecule has 1 aromatic carbocycles. The number of aryl methyl sites for hydroxylation is 2. The number of ether oxygens (including phenoxy) is 1. The summed E-state index contributed by atoms with van der Waals surface area (Å²) in [6.45, 7) is 2.16. The Hall–Kier alpha value is -2.90. The summed E-state index contributed by atoms with van der Waals surface area (Å²) in [5.74, 6) is -0.295. The van der Waals surface area contributed by atoms with Crippen LogP contribution in [0.25, 0.3) is 0 Å². The van der Waals surface area contributed by atoms with Crippen molar-refractivity contribution in [1.82, 2.24) is 15.1 Å².